The summed E-state index contributed by atoms with van der Waals surface area (Å²) in [5.41, 5.74) is 0. The van der Waals surface area contributed by atoms with Crippen molar-refractivity contribution in [1.82, 2.24) is 4.90 Å². The van der Waals surface area contributed by atoms with Crippen molar-refractivity contribution in [2.75, 3.05) is 13.1 Å². The number of carbonyl (C=O) groups is 2. The minimum Gasteiger partial charge on any atom is -0.481 e. The molecule has 1 saturated heterocycles. The molecule has 0 saturated carbocycles. The Morgan fingerprint density at radius 1 is 1.17 bits per heavy atom. The van der Waals surface area contributed by atoms with E-state index in [0.717, 1.165) is 0 Å². The van der Waals surface area contributed by atoms with E-state index in [2.05, 4.69) is 0 Å². The van der Waals surface area contributed by atoms with Gasteiger partial charge in [-0.25, -0.2) is 4.79 Å². The van der Waals surface area contributed by atoms with Crippen LogP contribution in [0, 0.1) is 5.92 Å². The van der Waals surface area contributed by atoms with Crippen LogP contribution in [0.15, 0.2) is 30.3 Å². The number of carboxylic acid groups (broad SMARTS) is 1. The predicted molar refractivity (Wildman–Crippen MR) is 64.4 cm³/mol. The van der Waals surface area contributed by atoms with Crippen molar-refractivity contribution in [2.24, 2.45) is 5.92 Å². The number of carbonyl (C=O) groups excluding carboxylic acids is 1. The quantitative estimate of drug-likeness (QED) is 0.870. The molecule has 1 aliphatic rings. The van der Waals surface area contributed by atoms with Crippen molar-refractivity contribution in [3.63, 3.8) is 0 Å². The average molecular weight is 249 g/mol. The second-order valence-corrected chi connectivity index (χ2v) is 4.28. The Labute approximate surface area is 105 Å². The van der Waals surface area contributed by atoms with Crippen molar-refractivity contribution in [3.8, 4) is 5.75 Å². The summed E-state index contributed by atoms with van der Waals surface area (Å²) in [4.78, 5) is 24.1. The standard InChI is InChI=1S/C13H15NO4/c15-12(16)10-6-8-14(9-7-10)13(17)18-11-4-2-1-3-5-11/h1-5,10H,6-9H2,(H,15,16). The van der Waals surface area contributed by atoms with Gasteiger partial charge in [-0.05, 0) is 25.0 Å². The van der Waals surface area contributed by atoms with Crippen LogP contribution in [0.2, 0.25) is 0 Å². The maximum atomic E-state index is 11.8. The summed E-state index contributed by atoms with van der Waals surface area (Å²) >= 11 is 0. The van der Waals surface area contributed by atoms with E-state index in [1.807, 2.05) is 6.07 Å². The van der Waals surface area contributed by atoms with Gasteiger partial charge in [-0.1, -0.05) is 18.2 Å². The number of ether oxygens (including phenoxy) is 1. The molecule has 0 spiro atoms. The number of para-hydroxylation sites is 1. The van der Waals surface area contributed by atoms with Crippen molar-refractivity contribution in [2.45, 2.75) is 12.8 Å². The van der Waals surface area contributed by atoms with Gasteiger partial charge in [-0.2, -0.15) is 0 Å². The number of piperidine rings is 1. The highest BCUT2D eigenvalue weighted by Gasteiger charge is 2.27. The Bertz CT molecular complexity index is 424. The second-order valence-electron chi connectivity index (χ2n) is 4.28. The molecule has 1 aliphatic heterocycles. The zero-order valence-electron chi connectivity index (χ0n) is 9.91. The lowest BCUT2D eigenvalue weighted by molar-refractivity contribution is -0.143. The normalized spacial score (nSPS) is 16.3. The highest BCUT2D eigenvalue weighted by molar-refractivity contribution is 5.73. The summed E-state index contributed by atoms with van der Waals surface area (Å²) in [5.74, 6) is -0.625. The molecule has 0 radical (unpaired) electrons. The van der Waals surface area contributed by atoms with E-state index in [1.165, 1.54) is 0 Å². The molecule has 0 aliphatic carbocycles. The number of likely N-dealkylation sites (tertiary alicyclic amines) is 1. The monoisotopic (exact) mass is 249 g/mol. The molecule has 1 aromatic carbocycles. The smallest absolute Gasteiger partial charge is 0.415 e. The molecule has 96 valence electrons. The van der Waals surface area contributed by atoms with Gasteiger partial charge in [0.15, 0.2) is 0 Å². The van der Waals surface area contributed by atoms with Crippen LogP contribution < -0.4 is 4.74 Å². The van der Waals surface area contributed by atoms with Gasteiger partial charge >= 0.3 is 12.1 Å². The van der Waals surface area contributed by atoms with Crippen molar-refractivity contribution in [3.05, 3.63) is 30.3 Å². The van der Waals surface area contributed by atoms with Crippen LogP contribution in [0.1, 0.15) is 12.8 Å². The van der Waals surface area contributed by atoms with Crippen molar-refractivity contribution >= 4 is 12.1 Å². The molecule has 2 rings (SSSR count). The van der Waals surface area contributed by atoms with Crippen LogP contribution in [0.25, 0.3) is 0 Å². The molecule has 0 aromatic heterocycles. The Hall–Kier alpha value is -2.04. The van der Waals surface area contributed by atoms with Gasteiger partial charge in [-0.15, -0.1) is 0 Å². The third-order valence-electron chi connectivity index (χ3n) is 3.05. The first-order valence-electron chi connectivity index (χ1n) is 5.91. The molecule has 5 heteroatoms. The molecule has 1 fully saturated rings. The van der Waals surface area contributed by atoms with E-state index in [4.69, 9.17) is 9.84 Å². The number of hydrogen-bond donors (Lipinski definition) is 1. The van der Waals surface area contributed by atoms with Crippen LogP contribution in [0.4, 0.5) is 4.79 Å². The SMILES string of the molecule is O=C(O)C1CCN(C(=O)Oc2ccccc2)CC1. The largest absolute Gasteiger partial charge is 0.481 e. The van der Waals surface area contributed by atoms with Crippen molar-refractivity contribution < 1.29 is 19.4 Å². The number of carboxylic acids is 1. The zero-order valence-corrected chi connectivity index (χ0v) is 9.91. The van der Waals surface area contributed by atoms with Gasteiger partial charge < -0.3 is 14.7 Å². The Morgan fingerprint density at radius 3 is 2.33 bits per heavy atom. The summed E-state index contributed by atoms with van der Waals surface area (Å²) in [6, 6.07) is 8.85. The van der Waals surface area contributed by atoms with Crippen LogP contribution in [0.5, 0.6) is 5.75 Å². The molecular weight excluding hydrogens is 234 g/mol. The van der Waals surface area contributed by atoms with E-state index in [9.17, 15) is 9.59 Å². The minimum absolute atomic E-state index is 0.342. The lowest BCUT2D eigenvalue weighted by Crippen LogP contribution is -2.41. The van der Waals surface area contributed by atoms with Crippen molar-refractivity contribution in [1.29, 1.82) is 0 Å². The van der Waals surface area contributed by atoms with Gasteiger partial charge in [0, 0.05) is 13.1 Å². The Kier molecular flexibility index (Phi) is 3.82. The fourth-order valence-electron chi connectivity index (χ4n) is 1.96. The van der Waals surface area contributed by atoms with E-state index >= 15 is 0 Å². The molecule has 1 heterocycles. The predicted octanol–water partition coefficient (Wildman–Crippen LogP) is 1.98. The highest BCUT2D eigenvalue weighted by atomic mass is 16.6. The van der Waals surface area contributed by atoms with Gasteiger partial charge in [0.05, 0.1) is 5.92 Å². The first-order chi connectivity index (χ1) is 8.66. The molecular formula is C13H15NO4. The van der Waals surface area contributed by atoms with Crippen LogP contribution in [-0.4, -0.2) is 35.2 Å². The zero-order chi connectivity index (χ0) is 13.0. The Morgan fingerprint density at radius 2 is 1.78 bits per heavy atom. The first kappa shape index (κ1) is 12.4. The number of hydrogen-bond acceptors (Lipinski definition) is 3. The molecule has 0 atom stereocenters. The molecule has 1 amide bonds. The van der Waals surface area contributed by atoms with Crippen LogP contribution in [0.3, 0.4) is 0 Å². The molecule has 18 heavy (non-hydrogen) atoms. The van der Waals surface area contributed by atoms with Gasteiger partial charge in [0.2, 0.25) is 0 Å². The summed E-state index contributed by atoms with van der Waals surface area (Å²) in [7, 11) is 0. The number of nitrogens with zero attached hydrogens (tertiary/aromatic N) is 1. The van der Waals surface area contributed by atoms with Gasteiger partial charge in [0.25, 0.3) is 0 Å². The minimum atomic E-state index is -0.786. The summed E-state index contributed by atoms with van der Waals surface area (Å²) in [5, 5.41) is 8.86. The number of amides is 1. The fraction of sp³-hybridized carbons (Fsp3) is 0.385. The third-order valence-corrected chi connectivity index (χ3v) is 3.05. The molecule has 0 bridgehead atoms. The van der Waals surface area contributed by atoms with E-state index < -0.39 is 12.1 Å². The van der Waals surface area contributed by atoms with E-state index in [1.54, 1.807) is 29.2 Å². The molecule has 0 unspecified atom stereocenters. The second kappa shape index (κ2) is 5.53. The number of aliphatic carboxylic acids is 1. The maximum absolute atomic E-state index is 11.8. The van der Waals surface area contributed by atoms with E-state index in [0.29, 0.717) is 31.7 Å². The third kappa shape index (κ3) is 3.00. The van der Waals surface area contributed by atoms with E-state index in [-0.39, 0.29) is 5.92 Å². The fourth-order valence-corrected chi connectivity index (χ4v) is 1.96. The summed E-state index contributed by atoms with van der Waals surface area (Å²) in [6.45, 7) is 0.866. The molecule has 1 N–H and O–H groups in total. The van der Waals surface area contributed by atoms with Gasteiger partial charge in [-0.3, -0.25) is 4.79 Å². The number of benzene rings is 1. The molecule has 5 nitrogen and oxygen atoms in total. The lowest BCUT2D eigenvalue weighted by Gasteiger charge is -2.29. The lowest BCUT2D eigenvalue weighted by atomic mass is 9.97. The average Bonchev–Trinajstić information content (AvgIpc) is 2.40. The van der Waals surface area contributed by atoms with Gasteiger partial charge in [0.1, 0.15) is 5.75 Å². The summed E-state index contributed by atoms with van der Waals surface area (Å²) in [6.07, 6.45) is 0.559. The van der Waals surface area contributed by atoms with Crippen LogP contribution >= 0.6 is 0 Å². The first-order valence-corrected chi connectivity index (χ1v) is 5.91. The maximum Gasteiger partial charge on any atom is 0.415 e. The van der Waals surface area contributed by atoms with Crippen LogP contribution in [-0.2, 0) is 4.79 Å². The molecule has 1 aromatic rings. The summed E-state index contributed by atoms with van der Waals surface area (Å²) < 4.78 is 5.19. The topological polar surface area (TPSA) is 66.8 Å². The Balaban J connectivity index is 1.86. The highest BCUT2D eigenvalue weighted by Crippen LogP contribution is 2.19. The number of rotatable bonds is 2.